The molecule has 0 saturated heterocycles. The maximum absolute atomic E-state index is 2.38. The van der Waals surface area contributed by atoms with Crippen LogP contribution in [-0.4, -0.2) is 21.8 Å². The Morgan fingerprint density at radius 3 is 1.76 bits per heavy atom. The molecule has 21 heavy (non-hydrogen) atoms. The summed E-state index contributed by atoms with van der Waals surface area (Å²) >= 11 is -2.08. The van der Waals surface area contributed by atoms with Gasteiger partial charge in [0.2, 0.25) is 0 Å². The summed E-state index contributed by atoms with van der Waals surface area (Å²) in [7, 11) is 0. The molecular formula is C20H17Bi. The Labute approximate surface area is 134 Å². The summed E-state index contributed by atoms with van der Waals surface area (Å²) in [5, 5.41) is 0. The van der Waals surface area contributed by atoms with Gasteiger partial charge in [0.05, 0.1) is 0 Å². The van der Waals surface area contributed by atoms with E-state index < -0.39 is 21.8 Å². The number of hydrogen-bond acceptors (Lipinski definition) is 0. The summed E-state index contributed by atoms with van der Waals surface area (Å²) in [5.41, 5.74) is 4.45. The maximum atomic E-state index is 2.38. The first-order valence-electron chi connectivity index (χ1n) is 7.35. The third kappa shape index (κ3) is 2.34. The normalized spacial score (nSPS) is 13.6. The SMILES string of the molecule is Cc1cc[c]([Bi]2[c]3ccccc3Cc3cccc[c]32)cc1. The fraction of sp³-hybridized carbons (Fsp3) is 0.100. The number of rotatable bonds is 1. The molecule has 0 spiro atoms. The van der Waals surface area contributed by atoms with Crippen molar-refractivity contribution in [3.8, 4) is 0 Å². The number of benzene rings is 3. The van der Waals surface area contributed by atoms with Gasteiger partial charge in [-0.3, -0.25) is 0 Å². The van der Waals surface area contributed by atoms with Crippen molar-refractivity contribution in [3.63, 3.8) is 0 Å². The predicted octanol–water partition coefficient (Wildman–Crippen LogP) is 2.42. The number of hydrogen-bond donors (Lipinski definition) is 0. The Hall–Kier alpha value is -1.46. The van der Waals surface area contributed by atoms with Gasteiger partial charge >= 0.3 is 134 Å². The molecule has 0 N–H and O–H groups in total. The van der Waals surface area contributed by atoms with Crippen LogP contribution in [0.3, 0.4) is 0 Å². The summed E-state index contributed by atoms with van der Waals surface area (Å²) in [4.78, 5) is 0. The standard InChI is InChI=1S/C13H10.C7H7.Bi/c1-3-7-12(8-4-1)11-13-9-5-2-6-10-13;1-7-5-3-2-4-6-7;/h1-7,9H,11H2;3-6H,1H3;. The van der Waals surface area contributed by atoms with Gasteiger partial charge in [0.1, 0.15) is 0 Å². The van der Waals surface area contributed by atoms with Crippen molar-refractivity contribution >= 4 is 31.6 Å². The molecule has 0 radical (unpaired) electrons. The van der Waals surface area contributed by atoms with Crippen molar-refractivity contribution in [1.29, 1.82) is 0 Å². The summed E-state index contributed by atoms with van der Waals surface area (Å²) in [5.74, 6) is 0. The Bertz CT molecular complexity index is 741. The van der Waals surface area contributed by atoms with E-state index in [1.807, 2.05) is 0 Å². The van der Waals surface area contributed by atoms with Gasteiger partial charge in [0, 0.05) is 0 Å². The van der Waals surface area contributed by atoms with Gasteiger partial charge in [-0.25, -0.2) is 0 Å². The molecule has 0 bridgehead atoms. The molecule has 102 valence electrons. The molecule has 0 fully saturated rings. The van der Waals surface area contributed by atoms with Crippen LogP contribution in [0.2, 0.25) is 0 Å². The predicted molar refractivity (Wildman–Crippen MR) is 91.5 cm³/mol. The van der Waals surface area contributed by atoms with E-state index in [2.05, 4.69) is 79.7 Å². The average molecular weight is 466 g/mol. The van der Waals surface area contributed by atoms with Gasteiger partial charge < -0.3 is 0 Å². The second-order valence-electron chi connectivity index (χ2n) is 5.61. The summed E-state index contributed by atoms with van der Waals surface area (Å²) in [6.07, 6.45) is 1.10. The summed E-state index contributed by atoms with van der Waals surface area (Å²) in [6.45, 7) is 2.17. The van der Waals surface area contributed by atoms with Crippen molar-refractivity contribution in [2.45, 2.75) is 13.3 Å². The zero-order valence-electron chi connectivity index (χ0n) is 12.1. The molecule has 0 unspecified atom stereocenters. The Kier molecular flexibility index (Phi) is 3.39. The van der Waals surface area contributed by atoms with Gasteiger partial charge in [-0.05, 0) is 0 Å². The van der Waals surface area contributed by atoms with Crippen LogP contribution in [0, 0.1) is 6.92 Å². The van der Waals surface area contributed by atoms with Crippen molar-refractivity contribution < 1.29 is 0 Å². The van der Waals surface area contributed by atoms with Crippen LogP contribution >= 0.6 is 0 Å². The van der Waals surface area contributed by atoms with E-state index >= 15 is 0 Å². The Morgan fingerprint density at radius 2 is 1.19 bits per heavy atom. The van der Waals surface area contributed by atoms with Crippen LogP contribution in [0.15, 0.2) is 72.8 Å². The molecule has 3 aromatic rings. The molecule has 1 aliphatic heterocycles. The van der Waals surface area contributed by atoms with E-state index in [0.717, 1.165) is 6.42 Å². The molecule has 0 nitrogen and oxygen atoms in total. The first-order valence-corrected chi connectivity index (χ1v) is 12.6. The monoisotopic (exact) mass is 466 g/mol. The molecule has 0 aliphatic carbocycles. The summed E-state index contributed by atoms with van der Waals surface area (Å²) in [6, 6.07) is 27.5. The van der Waals surface area contributed by atoms with Crippen LogP contribution in [0.25, 0.3) is 0 Å². The third-order valence-corrected chi connectivity index (χ3v) is 14.4. The van der Waals surface area contributed by atoms with Crippen molar-refractivity contribution in [2.24, 2.45) is 0 Å². The van der Waals surface area contributed by atoms with Gasteiger partial charge in [-0.2, -0.15) is 0 Å². The van der Waals surface area contributed by atoms with E-state index in [-0.39, 0.29) is 0 Å². The van der Waals surface area contributed by atoms with E-state index in [4.69, 9.17) is 0 Å². The Morgan fingerprint density at radius 1 is 0.667 bits per heavy atom. The fourth-order valence-electron chi connectivity index (χ4n) is 3.06. The third-order valence-electron chi connectivity index (χ3n) is 4.14. The molecule has 3 aromatic carbocycles. The molecule has 1 aliphatic rings. The van der Waals surface area contributed by atoms with Gasteiger partial charge in [-0.15, -0.1) is 0 Å². The van der Waals surface area contributed by atoms with Gasteiger partial charge in [0.15, 0.2) is 0 Å². The summed E-state index contributed by atoms with van der Waals surface area (Å²) < 4.78 is 4.92. The quantitative estimate of drug-likeness (QED) is 0.378. The van der Waals surface area contributed by atoms with E-state index in [1.165, 1.54) is 5.56 Å². The fourth-order valence-corrected chi connectivity index (χ4v) is 13.2. The van der Waals surface area contributed by atoms with Crippen LogP contribution in [0.5, 0.6) is 0 Å². The number of aryl methyl sites for hydroxylation is 1. The second-order valence-corrected chi connectivity index (χ2v) is 14.0. The molecular weight excluding hydrogens is 449 g/mol. The first kappa shape index (κ1) is 13.2. The molecule has 0 saturated carbocycles. The molecule has 0 atom stereocenters. The van der Waals surface area contributed by atoms with Crippen LogP contribution < -0.4 is 9.81 Å². The minimum absolute atomic E-state index is 1.10. The molecule has 4 rings (SSSR count). The molecule has 1 heterocycles. The van der Waals surface area contributed by atoms with Crippen molar-refractivity contribution in [2.75, 3.05) is 0 Å². The van der Waals surface area contributed by atoms with Crippen LogP contribution in [-0.2, 0) is 6.42 Å². The van der Waals surface area contributed by atoms with E-state index in [0.29, 0.717) is 0 Å². The zero-order chi connectivity index (χ0) is 14.2. The zero-order valence-corrected chi connectivity index (χ0v) is 15.6. The van der Waals surface area contributed by atoms with Crippen molar-refractivity contribution in [3.05, 3.63) is 89.5 Å². The average Bonchev–Trinajstić information content (AvgIpc) is 2.53. The van der Waals surface area contributed by atoms with Gasteiger partial charge in [-0.1, -0.05) is 0 Å². The topological polar surface area (TPSA) is 0 Å². The van der Waals surface area contributed by atoms with Gasteiger partial charge in [0.25, 0.3) is 0 Å². The van der Waals surface area contributed by atoms with Crippen molar-refractivity contribution in [1.82, 2.24) is 0 Å². The Balaban J connectivity index is 1.95. The molecule has 0 amide bonds. The van der Waals surface area contributed by atoms with Crippen LogP contribution in [0.4, 0.5) is 0 Å². The second kappa shape index (κ2) is 5.39. The number of fused-ring (bicyclic) bond motifs is 2. The minimum atomic E-state index is -2.08. The molecule has 1 heteroatoms. The van der Waals surface area contributed by atoms with Crippen LogP contribution in [0.1, 0.15) is 16.7 Å². The first-order chi connectivity index (χ1) is 10.3. The van der Waals surface area contributed by atoms with E-state index in [1.54, 1.807) is 20.9 Å². The molecule has 0 aromatic heterocycles. The van der Waals surface area contributed by atoms with E-state index in [9.17, 15) is 0 Å².